The molecule has 0 spiro atoms. The van der Waals surface area contributed by atoms with Crippen LogP contribution in [0.25, 0.3) is 0 Å². The molecule has 29 heavy (non-hydrogen) atoms. The fourth-order valence-corrected chi connectivity index (χ4v) is 3.45. The Morgan fingerprint density at radius 3 is 2.48 bits per heavy atom. The highest BCUT2D eigenvalue weighted by molar-refractivity contribution is 5.91. The molecule has 1 heterocycles. The molecule has 1 aromatic carbocycles. The van der Waals surface area contributed by atoms with Gasteiger partial charge in [-0.2, -0.15) is 0 Å². The minimum Gasteiger partial charge on any atom is -0.497 e. The van der Waals surface area contributed by atoms with Crippen LogP contribution in [0.3, 0.4) is 0 Å². The minimum atomic E-state index is -0.512. The number of ether oxygens (including phenoxy) is 2. The van der Waals surface area contributed by atoms with Crippen molar-refractivity contribution in [3.05, 3.63) is 24.3 Å². The van der Waals surface area contributed by atoms with Crippen LogP contribution in [0.1, 0.15) is 33.1 Å². The molecule has 8 nitrogen and oxygen atoms in total. The molecule has 2 rings (SSSR count). The van der Waals surface area contributed by atoms with Gasteiger partial charge >= 0.3 is 5.97 Å². The van der Waals surface area contributed by atoms with Crippen LogP contribution in [0.2, 0.25) is 0 Å². The lowest BCUT2D eigenvalue weighted by Crippen LogP contribution is -3.14. The lowest BCUT2D eigenvalue weighted by Gasteiger charge is -2.34. The molecule has 1 saturated heterocycles. The van der Waals surface area contributed by atoms with Gasteiger partial charge in [0.15, 0.2) is 13.1 Å². The van der Waals surface area contributed by atoms with E-state index in [1.54, 1.807) is 43.2 Å². The Hall–Kier alpha value is -2.61. The van der Waals surface area contributed by atoms with Gasteiger partial charge in [-0.05, 0) is 57.4 Å². The van der Waals surface area contributed by atoms with Gasteiger partial charge in [0.1, 0.15) is 11.8 Å². The van der Waals surface area contributed by atoms with Crippen LogP contribution in [-0.4, -0.2) is 68.6 Å². The summed E-state index contributed by atoms with van der Waals surface area (Å²) in [5.41, 5.74) is 0.677. The van der Waals surface area contributed by atoms with Crippen molar-refractivity contribution < 1.29 is 28.8 Å². The maximum Gasteiger partial charge on any atom is 0.328 e. The van der Waals surface area contributed by atoms with Gasteiger partial charge in [0.25, 0.3) is 11.8 Å². The van der Waals surface area contributed by atoms with E-state index in [2.05, 4.69) is 5.32 Å². The monoisotopic (exact) mass is 406 g/mol. The molecule has 2 N–H and O–H groups in total. The molecule has 8 heteroatoms. The third kappa shape index (κ3) is 6.74. The van der Waals surface area contributed by atoms with E-state index in [0.29, 0.717) is 37.6 Å². The summed E-state index contributed by atoms with van der Waals surface area (Å²) in [6, 6.07) is 6.57. The zero-order chi connectivity index (χ0) is 21.2. The highest BCUT2D eigenvalue weighted by Gasteiger charge is 2.34. The SMILES string of the molecule is CCOC(=O)[C@H]1CCCCN1C(=O)C[NH+](CC)CC(=O)Nc1ccc(OC)cc1. The van der Waals surface area contributed by atoms with Gasteiger partial charge in [-0.25, -0.2) is 4.79 Å². The lowest BCUT2D eigenvalue weighted by atomic mass is 10.0. The molecule has 0 aromatic heterocycles. The largest absolute Gasteiger partial charge is 0.497 e. The number of piperidine rings is 1. The highest BCUT2D eigenvalue weighted by Crippen LogP contribution is 2.18. The van der Waals surface area contributed by atoms with Crippen molar-refractivity contribution in [2.45, 2.75) is 39.2 Å². The van der Waals surface area contributed by atoms with Gasteiger partial charge in [-0.1, -0.05) is 0 Å². The molecular formula is C21H32N3O5+. The van der Waals surface area contributed by atoms with E-state index in [1.165, 1.54) is 0 Å². The molecule has 0 saturated carbocycles. The van der Waals surface area contributed by atoms with Crippen molar-refractivity contribution in [3.8, 4) is 5.75 Å². The van der Waals surface area contributed by atoms with E-state index in [9.17, 15) is 14.4 Å². The number of likely N-dealkylation sites (tertiary alicyclic amines) is 1. The zero-order valence-corrected chi connectivity index (χ0v) is 17.5. The Morgan fingerprint density at radius 2 is 1.86 bits per heavy atom. The predicted molar refractivity (Wildman–Crippen MR) is 109 cm³/mol. The third-order valence-corrected chi connectivity index (χ3v) is 5.07. The maximum absolute atomic E-state index is 12.8. The van der Waals surface area contributed by atoms with E-state index in [1.807, 2.05) is 6.92 Å². The third-order valence-electron chi connectivity index (χ3n) is 5.07. The fraction of sp³-hybridized carbons (Fsp3) is 0.571. The average molecular weight is 407 g/mol. The van der Waals surface area contributed by atoms with E-state index in [-0.39, 0.29) is 30.9 Å². The number of hydrogen-bond donors (Lipinski definition) is 2. The summed E-state index contributed by atoms with van der Waals surface area (Å²) in [6.07, 6.45) is 2.41. The van der Waals surface area contributed by atoms with Crippen LogP contribution in [0.15, 0.2) is 24.3 Å². The molecule has 1 aliphatic rings. The van der Waals surface area contributed by atoms with E-state index in [0.717, 1.165) is 17.7 Å². The minimum absolute atomic E-state index is 0.114. The first-order chi connectivity index (χ1) is 14.0. The molecule has 1 aliphatic heterocycles. The maximum atomic E-state index is 12.8. The van der Waals surface area contributed by atoms with Crippen LogP contribution < -0.4 is 15.0 Å². The topological polar surface area (TPSA) is 89.4 Å². The summed E-state index contributed by atoms with van der Waals surface area (Å²) in [7, 11) is 1.59. The molecule has 0 radical (unpaired) electrons. The van der Waals surface area contributed by atoms with Gasteiger partial charge < -0.3 is 24.6 Å². The number of rotatable bonds is 9. The summed E-state index contributed by atoms with van der Waals surface area (Å²) >= 11 is 0. The number of nitrogens with one attached hydrogen (secondary N) is 2. The van der Waals surface area contributed by atoms with Gasteiger partial charge in [-0.15, -0.1) is 0 Å². The van der Waals surface area contributed by atoms with Crippen molar-refractivity contribution in [1.82, 2.24) is 4.90 Å². The van der Waals surface area contributed by atoms with Crippen LogP contribution >= 0.6 is 0 Å². The standard InChI is InChI=1S/C21H31N3O5/c1-4-23(14-19(25)22-16-9-11-17(28-3)12-10-16)15-20(26)24-13-7-6-8-18(24)21(27)29-5-2/h9-12,18H,4-8,13-15H2,1-3H3,(H,22,25)/p+1/t18-/m1/s1. The van der Waals surface area contributed by atoms with E-state index < -0.39 is 6.04 Å². The summed E-state index contributed by atoms with van der Waals surface area (Å²) in [5, 5.41) is 2.84. The van der Waals surface area contributed by atoms with E-state index >= 15 is 0 Å². The van der Waals surface area contributed by atoms with Gasteiger partial charge in [0.05, 0.1) is 20.3 Å². The summed E-state index contributed by atoms with van der Waals surface area (Å²) in [5.74, 6) is 0.0974. The Kier molecular flexibility index (Phi) is 8.92. The first-order valence-electron chi connectivity index (χ1n) is 10.2. The number of quaternary nitrogens is 1. The number of methoxy groups -OCH3 is 1. The van der Waals surface area contributed by atoms with Crippen LogP contribution in [0, 0.1) is 0 Å². The number of carbonyl (C=O) groups excluding carboxylic acids is 3. The first kappa shape index (κ1) is 22.7. The number of amides is 2. The molecule has 1 unspecified atom stereocenters. The van der Waals surface area contributed by atoms with Crippen molar-refractivity contribution in [2.24, 2.45) is 0 Å². The van der Waals surface area contributed by atoms with Gasteiger partial charge in [0, 0.05) is 12.2 Å². The Morgan fingerprint density at radius 1 is 1.14 bits per heavy atom. The number of hydrogen-bond acceptors (Lipinski definition) is 5. The quantitative estimate of drug-likeness (QED) is 0.583. The Labute approximate surface area is 172 Å². The number of esters is 1. The average Bonchev–Trinajstić information content (AvgIpc) is 2.73. The lowest BCUT2D eigenvalue weighted by molar-refractivity contribution is -0.882. The normalized spacial score (nSPS) is 17.3. The van der Waals surface area contributed by atoms with Crippen molar-refractivity contribution >= 4 is 23.5 Å². The second-order valence-corrected chi connectivity index (χ2v) is 7.08. The van der Waals surface area contributed by atoms with Crippen LogP contribution in [0.5, 0.6) is 5.75 Å². The molecular weight excluding hydrogens is 374 g/mol. The smallest absolute Gasteiger partial charge is 0.328 e. The number of carbonyl (C=O) groups is 3. The molecule has 0 aliphatic carbocycles. The number of benzene rings is 1. The summed E-state index contributed by atoms with van der Waals surface area (Å²) in [4.78, 5) is 39.9. The zero-order valence-electron chi connectivity index (χ0n) is 17.5. The second-order valence-electron chi connectivity index (χ2n) is 7.08. The van der Waals surface area contributed by atoms with Gasteiger partial charge in [-0.3, -0.25) is 9.59 Å². The molecule has 2 amide bonds. The van der Waals surface area contributed by atoms with Crippen molar-refractivity contribution in [1.29, 1.82) is 0 Å². The fourth-order valence-electron chi connectivity index (χ4n) is 3.45. The van der Waals surface area contributed by atoms with Crippen molar-refractivity contribution in [3.63, 3.8) is 0 Å². The molecule has 1 aromatic rings. The van der Waals surface area contributed by atoms with Crippen LogP contribution in [0.4, 0.5) is 5.69 Å². The Balaban J connectivity index is 1.92. The second kappa shape index (κ2) is 11.4. The van der Waals surface area contributed by atoms with E-state index in [4.69, 9.17) is 9.47 Å². The molecule has 160 valence electrons. The Bertz CT molecular complexity index is 692. The highest BCUT2D eigenvalue weighted by atomic mass is 16.5. The summed E-state index contributed by atoms with van der Waals surface area (Å²) in [6.45, 7) is 5.51. The summed E-state index contributed by atoms with van der Waals surface area (Å²) < 4.78 is 10.2. The molecule has 0 bridgehead atoms. The first-order valence-corrected chi connectivity index (χ1v) is 10.2. The van der Waals surface area contributed by atoms with Gasteiger partial charge in [0.2, 0.25) is 0 Å². The van der Waals surface area contributed by atoms with Crippen molar-refractivity contribution in [2.75, 3.05) is 45.2 Å². The molecule has 2 atom stereocenters. The molecule has 1 fully saturated rings. The number of nitrogens with zero attached hydrogens (tertiary/aromatic N) is 1. The predicted octanol–water partition coefficient (Wildman–Crippen LogP) is 0.483. The van der Waals surface area contributed by atoms with Crippen LogP contribution in [-0.2, 0) is 19.1 Å². The number of anilines is 1. The number of likely N-dealkylation sites (N-methyl/N-ethyl adjacent to an activating group) is 1.